The molecule has 12 heavy (non-hydrogen) atoms. The Hall–Kier alpha value is -0.900. The maximum absolute atomic E-state index is 10.5. The van der Waals surface area contributed by atoms with Crippen molar-refractivity contribution in [3.8, 4) is 0 Å². The van der Waals surface area contributed by atoms with Gasteiger partial charge in [0.15, 0.2) is 0 Å². The Labute approximate surface area is 78.9 Å². The van der Waals surface area contributed by atoms with Crippen LogP contribution in [0.5, 0.6) is 0 Å². The summed E-state index contributed by atoms with van der Waals surface area (Å²) in [4.78, 5) is 14.5. The summed E-state index contributed by atoms with van der Waals surface area (Å²) < 4.78 is 5.63. The number of halogens is 1. The molecule has 64 valence electrons. The number of pyridine rings is 1. The minimum absolute atomic E-state index is 0.219. The SMILES string of the molecule is CC(=O)OCc1ncccc1Br. The molecule has 0 spiro atoms. The molecule has 1 rings (SSSR count). The van der Waals surface area contributed by atoms with Crippen molar-refractivity contribution in [1.82, 2.24) is 4.98 Å². The Morgan fingerprint density at radius 3 is 3.08 bits per heavy atom. The number of carbonyl (C=O) groups is 1. The Morgan fingerprint density at radius 2 is 2.50 bits per heavy atom. The highest BCUT2D eigenvalue weighted by Crippen LogP contribution is 2.13. The Balaban J connectivity index is 2.63. The third-order valence-electron chi connectivity index (χ3n) is 1.25. The second kappa shape index (κ2) is 4.21. The fourth-order valence-corrected chi connectivity index (χ4v) is 1.06. The first-order valence-electron chi connectivity index (χ1n) is 3.43. The Kier molecular flexibility index (Phi) is 3.22. The van der Waals surface area contributed by atoms with E-state index in [2.05, 4.69) is 20.9 Å². The summed E-state index contributed by atoms with van der Waals surface area (Å²) in [5, 5.41) is 0. The van der Waals surface area contributed by atoms with Gasteiger partial charge in [-0.2, -0.15) is 0 Å². The van der Waals surface area contributed by atoms with Gasteiger partial charge in [0.25, 0.3) is 0 Å². The van der Waals surface area contributed by atoms with Gasteiger partial charge in [-0.05, 0) is 28.1 Å². The second-order valence-corrected chi connectivity index (χ2v) is 3.07. The van der Waals surface area contributed by atoms with Crippen molar-refractivity contribution in [1.29, 1.82) is 0 Å². The zero-order valence-corrected chi connectivity index (χ0v) is 8.17. The van der Waals surface area contributed by atoms with Gasteiger partial charge >= 0.3 is 5.97 Å². The average molecular weight is 230 g/mol. The number of rotatable bonds is 2. The maximum atomic E-state index is 10.5. The van der Waals surface area contributed by atoms with Gasteiger partial charge in [0.1, 0.15) is 6.61 Å². The number of nitrogens with zero attached hydrogens (tertiary/aromatic N) is 1. The molecule has 0 saturated heterocycles. The lowest BCUT2D eigenvalue weighted by Gasteiger charge is -2.02. The molecule has 0 aliphatic rings. The van der Waals surface area contributed by atoms with Gasteiger partial charge in [0.2, 0.25) is 0 Å². The standard InChI is InChI=1S/C8H8BrNO2/c1-6(11)12-5-8-7(9)3-2-4-10-8/h2-4H,5H2,1H3. The highest BCUT2D eigenvalue weighted by Gasteiger charge is 2.01. The van der Waals surface area contributed by atoms with Crippen LogP contribution in [0, 0.1) is 0 Å². The lowest BCUT2D eigenvalue weighted by molar-refractivity contribution is -0.142. The third-order valence-corrected chi connectivity index (χ3v) is 1.97. The van der Waals surface area contributed by atoms with E-state index in [9.17, 15) is 4.79 Å². The Morgan fingerprint density at radius 1 is 1.75 bits per heavy atom. The van der Waals surface area contributed by atoms with E-state index in [1.165, 1.54) is 6.92 Å². The van der Waals surface area contributed by atoms with Crippen LogP contribution in [0.2, 0.25) is 0 Å². The summed E-state index contributed by atoms with van der Waals surface area (Å²) >= 11 is 3.29. The van der Waals surface area contributed by atoms with E-state index in [0.717, 1.165) is 10.2 Å². The molecule has 1 aromatic heterocycles. The van der Waals surface area contributed by atoms with Crippen LogP contribution in [0.4, 0.5) is 0 Å². The Bertz CT molecular complexity index is 288. The molecule has 0 atom stereocenters. The monoisotopic (exact) mass is 229 g/mol. The van der Waals surface area contributed by atoms with Gasteiger partial charge in [-0.3, -0.25) is 9.78 Å². The van der Waals surface area contributed by atoms with E-state index in [1.54, 1.807) is 12.3 Å². The smallest absolute Gasteiger partial charge is 0.303 e. The molecule has 0 unspecified atom stereocenters. The van der Waals surface area contributed by atoms with Crippen molar-refractivity contribution in [3.05, 3.63) is 28.5 Å². The number of hydrogen-bond donors (Lipinski definition) is 0. The molecule has 0 aliphatic carbocycles. The number of ether oxygens (including phenoxy) is 1. The first kappa shape index (κ1) is 9.19. The van der Waals surface area contributed by atoms with Crippen LogP contribution in [0.25, 0.3) is 0 Å². The molecule has 0 saturated carbocycles. The highest BCUT2D eigenvalue weighted by atomic mass is 79.9. The summed E-state index contributed by atoms with van der Waals surface area (Å²) in [5.41, 5.74) is 0.729. The van der Waals surface area contributed by atoms with E-state index in [4.69, 9.17) is 4.74 Å². The van der Waals surface area contributed by atoms with Gasteiger partial charge in [-0.1, -0.05) is 0 Å². The predicted molar refractivity (Wildman–Crippen MR) is 47.4 cm³/mol. The molecule has 1 aromatic rings. The zero-order chi connectivity index (χ0) is 8.97. The van der Waals surface area contributed by atoms with Crippen molar-refractivity contribution in [2.75, 3.05) is 0 Å². The van der Waals surface area contributed by atoms with Crippen LogP contribution < -0.4 is 0 Å². The topological polar surface area (TPSA) is 39.2 Å². The molecule has 0 fully saturated rings. The fraction of sp³-hybridized carbons (Fsp3) is 0.250. The summed E-state index contributed by atoms with van der Waals surface area (Å²) in [6.45, 7) is 1.59. The maximum Gasteiger partial charge on any atom is 0.303 e. The van der Waals surface area contributed by atoms with Crippen molar-refractivity contribution < 1.29 is 9.53 Å². The number of esters is 1. The van der Waals surface area contributed by atoms with E-state index in [-0.39, 0.29) is 12.6 Å². The summed E-state index contributed by atoms with van der Waals surface area (Å²) in [7, 11) is 0. The van der Waals surface area contributed by atoms with Crippen molar-refractivity contribution in [2.24, 2.45) is 0 Å². The highest BCUT2D eigenvalue weighted by molar-refractivity contribution is 9.10. The van der Waals surface area contributed by atoms with Crippen LogP contribution in [0.1, 0.15) is 12.6 Å². The minimum atomic E-state index is -0.299. The lowest BCUT2D eigenvalue weighted by Crippen LogP contribution is -2.00. The molecule has 0 aliphatic heterocycles. The van der Waals surface area contributed by atoms with Gasteiger partial charge in [-0.15, -0.1) is 0 Å². The summed E-state index contributed by atoms with van der Waals surface area (Å²) in [6.07, 6.45) is 1.66. The van der Waals surface area contributed by atoms with Gasteiger partial charge in [0, 0.05) is 17.6 Å². The first-order chi connectivity index (χ1) is 5.70. The van der Waals surface area contributed by atoms with E-state index in [1.807, 2.05) is 6.07 Å². The fourth-order valence-electron chi connectivity index (χ4n) is 0.695. The van der Waals surface area contributed by atoms with Crippen LogP contribution in [0.15, 0.2) is 22.8 Å². The first-order valence-corrected chi connectivity index (χ1v) is 4.22. The summed E-state index contributed by atoms with van der Waals surface area (Å²) in [5.74, 6) is -0.299. The van der Waals surface area contributed by atoms with Gasteiger partial charge < -0.3 is 4.74 Å². The lowest BCUT2D eigenvalue weighted by atomic mass is 10.4. The largest absolute Gasteiger partial charge is 0.459 e. The molecule has 0 aromatic carbocycles. The number of aromatic nitrogens is 1. The van der Waals surface area contributed by atoms with Gasteiger partial charge in [-0.25, -0.2) is 0 Å². The predicted octanol–water partition coefficient (Wildman–Crippen LogP) is 1.91. The minimum Gasteiger partial charge on any atom is -0.459 e. The van der Waals surface area contributed by atoms with Crippen LogP contribution >= 0.6 is 15.9 Å². The molecule has 0 radical (unpaired) electrons. The normalized spacial score (nSPS) is 9.50. The molecule has 0 amide bonds. The van der Waals surface area contributed by atoms with E-state index < -0.39 is 0 Å². The molecule has 0 N–H and O–H groups in total. The average Bonchev–Trinajstić information content (AvgIpc) is 2.03. The quantitative estimate of drug-likeness (QED) is 0.728. The number of carbonyl (C=O) groups excluding carboxylic acids is 1. The molecule has 0 bridgehead atoms. The second-order valence-electron chi connectivity index (χ2n) is 2.21. The molecule has 3 nitrogen and oxygen atoms in total. The van der Waals surface area contributed by atoms with E-state index >= 15 is 0 Å². The summed E-state index contributed by atoms with van der Waals surface area (Å²) in [6, 6.07) is 3.66. The van der Waals surface area contributed by atoms with Crippen LogP contribution in [0.3, 0.4) is 0 Å². The zero-order valence-electron chi connectivity index (χ0n) is 6.58. The van der Waals surface area contributed by atoms with Crippen LogP contribution in [-0.2, 0) is 16.1 Å². The van der Waals surface area contributed by atoms with E-state index in [0.29, 0.717) is 0 Å². The van der Waals surface area contributed by atoms with Crippen LogP contribution in [-0.4, -0.2) is 11.0 Å². The molecule has 4 heteroatoms. The van der Waals surface area contributed by atoms with Gasteiger partial charge in [0.05, 0.1) is 5.69 Å². The molecular weight excluding hydrogens is 222 g/mol. The van der Waals surface area contributed by atoms with Crippen molar-refractivity contribution in [2.45, 2.75) is 13.5 Å². The molecular formula is C8H8BrNO2. The van der Waals surface area contributed by atoms with Crippen molar-refractivity contribution >= 4 is 21.9 Å². The molecule has 1 heterocycles. The third kappa shape index (κ3) is 2.62. The number of hydrogen-bond acceptors (Lipinski definition) is 3. The van der Waals surface area contributed by atoms with Crippen molar-refractivity contribution in [3.63, 3.8) is 0 Å².